The molecule has 0 heterocycles. The van der Waals surface area contributed by atoms with Gasteiger partial charge >= 0.3 is 0 Å². The first-order valence-corrected chi connectivity index (χ1v) is 9.39. The summed E-state index contributed by atoms with van der Waals surface area (Å²) >= 11 is 0. The second kappa shape index (κ2) is 8.97. The zero-order chi connectivity index (χ0) is 15.0. The highest BCUT2D eigenvalue weighted by atomic mass is 32.2. The molecule has 120 valence electrons. The van der Waals surface area contributed by atoms with Gasteiger partial charge in [-0.3, -0.25) is 0 Å². The Morgan fingerprint density at radius 2 is 1.90 bits per heavy atom. The molecule has 0 aromatic heterocycles. The van der Waals surface area contributed by atoms with E-state index >= 15 is 0 Å². The summed E-state index contributed by atoms with van der Waals surface area (Å²) in [6, 6.07) is 0.120. The first kappa shape index (κ1) is 17.9. The Morgan fingerprint density at radius 3 is 2.55 bits per heavy atom. The van der Waals surface area contributed by atoms with Crippen molar-refractivity contribution in [2.45, 2.75) is 58.4 Å². The lowest BCUT2D eigenvalue weighted by molar-refractivity contribution is 0.277. The molecule has 0 saturated heterocycles. The summed E-state index contributed by atoms with van der Waals surface area (Å²) in [6.07, 6.45) is 6.38. The third-order valence-corrected chi connectivity index (χ3v) is 5.82. The fourth-order valence-corrected chi connectivity index (χ4v) is 4.10. The van der Waals surface area contributed by atoms with Gasteiger partial charge in [0.2, 0.25) is 0 Å². The summed E-state index contributed by atoms with van der Waals surface area (Å²) in [6.45, 7) is 6.55. The Hall–Kier alpha value is -0.170. The van der Waals surface area contributed by atoms with Crippen LogP contribution in [0.25, 0.3) is 0 Å². The first-order chi connectivity index (χ1) is 9.51. The molecular formula is C14H31N3O2S. The van der Waals surface area contributed by atoms with Crippen LogP contribution in [0.15, 0.2) is 0 Å². The van der Waals surface area contributed by atoms with Crippen molar-refractivity contribution in [3.8, 4) is 0 Å². The van der Waals surface area contributed by atoms with Crippen LogP contribution in [0.2, 0.25) is 0 Å². The van der Waals surface area contributed by atoms with Gasteiger partial charge < -0.3 is 5.32 Å². The Labute approximate surface area is 124 Å². The fourth-order valence-electron chi connectivity index (χ4n) is 2.86. The summed E-state index contributed by atoms with van der Waals surface area (Å²) in [5, 5.41) is 3.21. The lowest BCUT2D eigenvalue weighted by atomic mass is 9.83. The molecule has 20 heavy (non-hydrogen) atoms. The van der Waals surface area contributed by atoms with E-state index in [2.05, 4.69) is 23.9 Å². The topological polar surface area (TPSA) is 61.4 Å². The smallest absolute Gasteiger partial charge is 0.279 e. The maximum Gasteiger partial charge on any atom is 0.279 e. The van der Waals surface area contributed by atoms with Crippen LogP contribution in [0.4, 0.5) is 0 Å². The van der Waals surface area contributed by atoms with Gasteiger partial charge in [-0.25, -0.2) is 0 Å². The van der Waals surface area contributed by atoms with Gasteiger partial charge in [0.1, 0.15) is 0 Å². The van der Waals surface area contributed by atoms with Gasteiger partial charge in [0.05, 0.1) is 0 Å². The van der Waals surface area contributed by atoms with Crippen molar-refractivity contribution in [2.75, 3.05) is 26.7 Å². The number of hydrogen-bond acceptors (Lipinski definition) is 3. The minimum Gasteiger partial charge on any atom is -0.317 e. The molecule has 0 aromatic rings. The Bertz CT molecular complexity index is 359. The molecular weight excluding hydrogens is 274 g/mol. The van der Waals surface area contributed by atoms with Crippen molar-refractivity contribution in [3.63, 3.8) is 0 Å². The number of nitrogens with one attached hydrogen (secondary N) is 2. The van der Waals surface area contributed by atoms with Crippen molar-refractivity contribution < 1.29 is 8.42 Å². The average Bonchev–Trinajstić information content (AvgIpc) is 2.43. The number of hydrogen-bond donors (Lipinski definition) is 2. The Morgan fingerprint density at radius 1 is 1.20 bits per heavy atom. The molecule has 1 rings (SSSR count). The maximum atomic E-state index is 12.3. The van der Waals surface area contributed by atoms with Crippen LogP contribution in [0, 0.1) is 5.92 Å². The highest BCUT2D eigenvalue weighted by Gasteiger charge is 2.29. The second-order valence-electron chi connectivity index (χ2n) is 5.71. The van der Waals surface area contributed by atoms with Gasteiger partial charge in [0.25, 0.3) is 10.2 Å². The SMILES string of the molecule is CCNCCCN(C)S(=O)(=O)NC1CCCCC1CC. The standard InChI is InChI=1S/C14H31N3O2S/c1-4-13-9-6-7-10-14(13)16-20(18,19)17(3)12-8-11-15-5-2/h13-16H,4-12H2,1-3H3. The molecule has 2 atom stereocenters. The van der Waals surface area contributed by atoms with Gasteiger partial charge in [-0.05, 0) is 38.3 Å². The lowest BCUT2D eigenvalue weighted by Crippen LogP contribution is -2.48. The van der Waals surface area contributed by atoms with Gasteiger partial charge in [-0.1, -0.05) is 33.1 Å². The minimum atomic E-state index is -3.33. The molecule has 0 radical (unpaired) electrons. The molecule has 2 N–H and O–H groups in total. The van der Waals surface area contributed by atoms with Crippen molar-refractivity contribution in [1.29, 1.82) is 0 Å². The zero-order valence-electron chi connectivity index (χ0n) is 13.2. The maximum absolute atomic E-state index is 12.3. The van der Waals surface area contributed by atoms with E-state index in [0.29, 0.717) is 12.5 Å². The molecule has 5 nitrogen and oxygen atoms in total. The van der Waals surface area contributed by atoms with Crippen LogP contribution in [-0.4, -0.2) is 45.4 Å². The summed E-state index contributed by atoms with van der Waals surface area (Å²) in [5.41, 5.74) is 0. The van der Waals surface area contributed by atoms with E-state index in [4.69, 9.17) is 0 Å². The zero-order valence-corrected chi connectivity index (χ0v) is 14.0. The summed E-state index contributed by atoms with van der Waals surface area (Å²) in [5.74, 6) is 0.494. The van der Waals surface area contributed by atoms with Crippen LogP contribution in [0.5, 0.6) is 0 Å². The molecule has 6 heteroatoms. The third-order valence-electron chi connectivity index (χ3n) is 4.22. The van der Waals surface area contributed by atoms with Crippen molar-refractivity contribution in [2.24, 2.45) is 5.92 Å². The molecule has 1 fully saturated rings. The second-order valence-corrected chi connectivity index (χ2v) is 7.52. The summed E-state index contributed by atoms with van der Waals surface area (Å²) in [7, 11) is -1.67. The Kier molecular flexibility index (Phi) is 8.02. The molecule has 2 unspecified atom stereocenters. The first-order valence-electron chi connectivity index (χ1n) is 7.95. The van der Waals surface area contributed by atoms with Gasteiger partial charge in [0, 0.05) is 19.6 Å². The molecule has 1 aliphatic carbocycles. The van der Waals surface area contributed by atoms with E-state index < -0.39 is 10.2 Å². The van der Waals surface area contributed by atoms with Crippen LogP contribution >= 0.6 is 0 Å². The third kappa shape index (κ3) is 5.68. The predicted molar refractivity (Wildman–Crippen MR) is 83.9 cm³/mol. The van der Waals surface area contributed by atoms with E-state index in [-0.39, 0.29) is 6.04 Å². The molecule has 1 aliphatic rings. The Balaban J connectivity index is 2.46. The molecule has 0 aliphatic heterocycles. The van der Waals surface area contributed by atoms with E-state index in [1.165, 1.54) is 10.7 Å². The number of nitrogens with zero attached hydrogens (tertiary/aromatic N) is 1. The van der Waals surface area contributed by atoms with Crippen LogP contribution in [-0.2, 0) is 10.2 Å². The van der Waals surface area contributed by atoms with E-state index in [9.17, 15) is 8.42 Å². The van der Waals surface area contributed by atoms with Crippen LogP contribution in [0.1, 0.15) is 52.4 Å². The van der Waals surface area contributed by atoms with E-state index in [0.717, 1.165) is 45.2 Å². The minimum absolute atomic E-state index is 0.120. The number of rotatable bonds is 9. The average molecular weight is 305 g/mol. The molecule has 0 bridgehead atoms. The van der Waals surface area contributed by atoms with Crippen LogP contribution < -0.4 is 10.0 Å². The van der Waals surface area contributed by atoms with Gasteiger partial charge in [0.15, 0.2) is 0 Å². The normalized spacial score (nSPS) is 24.2. The van der Waals surface area contributed by atoms with E-state index in [1.807, 2.05) is 0 Å². The lowest BCUT2D eigenvalue weighted by Gasteiger charge is -2.32. The quantitative estimate of drug-likeness (QED) is 0.638. The summed E-state index contributed by atoms with van der Waals surface area (Å²) < 4.78 is 29.0. The highest BCUT2D eigenvalue weighted by molar-refractivity contribution is 7.87. The van der Waals surface area contributed by atoms with Crippen molar-refractivity contribution in [1.82, 2.24) is 14.3 Å². The highest BCUT2D eigenvalue weighted by Crippen LogP contribution is 2.27. The predicted octanol–water partition coefficient (Wildman–Crippen LogP) is 1.72. The monoisotopic (exact) mass is 305 g/mol. The molecule has 0 aromatic carbocycles. The van der Waals surface area contributed by atoms with Gasteiger partial charge in [-0.15, -0.1) is 0 Å². The van der Waals surface area contributed by atoms with E-state index in [1.54, 1.807) is 7.05 Å². The molecule has 0 spiro atoms. The van der Waals surface area contributed by atoms with Crippen molar-refractivity contribution in [3.05, 3.63) is 0 Å². The molecule has 1 saturated carbocycles. The fraction of sp³-hybridized carbons (Fsp3) is 1.00. The van der Waals surface area contributed by atoms with Crippen LogP contribution in [0.3, 0.4) is 0 Å². The van der Waals surface area contributed by atoms with Gasteiger partial charge in [-0.2, -0.15) is 17.4 Å². The largest absolute Gasteiger partial charge is 0.317 e. The van der Waals surface area contributed by atoms with Crippen molar-refractivity contribution >= 4 is 10.2 Å². The molecule has 0 amide bonds. The summed E-state index contributed by atoms with van der Waals surface area (Å²) in [4.78, 5) is 0.